The summed E-state index contributed by atoms with van der Waals surface area (Å²) in [4.78, 5) is 0. The molecule has 0 unspecified atom stereocenters. The number of hydrogen-bond acceptors (Lipinski definition) is 2. The van der Waals surface area contributed by atoms with Gasteiger partial charge in [0.2, 0.25) is 0 Å². The summed E-state index contributed by atoms with van der Waals surface area (Å²) in [7, 11) is 1.51. The molecule has 5 heteroatoms. The van der Waals surface area contributed by atoms with Gasteiger partial charge in [0.25, 0.3) is 0 Å². The van der Waals surface area contributed by atoms with E-state index in [4.69, 9.17) is 4.74 Å². The molecule has 1 aromatic carbocycles. The van der Waals surface area contributed by atoms with Crippen LogP contribution in [0.2, 0.25) is 0 Å². The fraction of sp³-hybridized carbons (Fsp3) is 0.455. The molecule has 0 aromatic heterocycles. The lowest BCUT2D eigenvalue weighted by atomic mass is 9.72. The van der Waals surface area contributed by atoms with E-state index in [9.17, 15) is 13.9 Å². The number of hydrogen-bond donors (Lipinski definition) is 1. The number of methoxy groups -OCH3 is 1. The first-order chi connectivity index (χ1) is 7.48. The molecule has 1 N–H and O–H groups in total. The van der Waals surface area contributed by atoms with Gasteiger partial charge in [0, 0.05) is 20.0 Å². The molecule has 0 saturated heterocycles. The fourth-order valence-electron chi connectivity index (χ4n) is 2.02. The predicted octanol–water partition coefficient (Wildman–Crippen LogP) is 2.72. The summed E-state index contributed by atoms with van der Waals surface area (Å²) in [6.45, 7) is 0. The molecule has 1 aromatic rings. The minimum atomic E-state index is -1.45. The molecular weight excluding hydrogens is 282 g/mol. The lowest BCUT2D eigenvalue weighted by Gasteiger charge is -2.43. The van der Waals surface area contributed by atoms with Crippen molar-refractivity contribution in [2.24, 2.45) is 0 Å². The van der Waals surface area contributed by atoms with Crippen LogP contribution in [0.4, 0.5) is 8.78 Å². The van der Waals surface area contributed by atoms with Crippen molar-refractivity contribution in [2.75, 3.05) is 7.11 Å². The fourth-order valence-corrected chi connectivity index (χ4v) is 2.35. The second-order valence-electron chi connectivity index (χ2n) is 4.02. The van der Waals surface area contributed by atoms with Crippen LogP contribution >= 0.6 is 15.9 Å². The molecule has 0 atom stereocenters. The van der Waals surface area contributed by atoms with Crippen LogP contribution in [0.15, 0.2) is 16.6 Å². The average molecular weight is 293 g/mol. The third-order valence-corrected chi connectivity index (χ3v) is 3.59. The van der Waals surface area contributed by atoms with Gasteiger partial charge in [0.1, 0.15) is 17.2 Å². The second kappa shape index (κ2) is 4.05. The molecule has 0 amide bonds. The van der Waals surface area contributed by atoms with Crippen LogP contribution in [0.5, 0.6) is 0 Å². The molecule has 16 heavy (non-hydrogen) atoms. The minimum absolute atomic E-state index is 0.136. The number of aliphatic hydroxyl groups is 1. The van der Waals surface area contributed by atoms with Gasteiger partial charge in [0.15, 0.2) is 0 Å². The zero-order valence-electron chi connectivity index (χ0n) is 8.64. The van der Waals surface area contributed by atoms with Gasteiger partial charge in [-0.2, -0.15) is 0 Å². The summed E-state index contributed by atoms with van der Waals surface area (Å²) in [6.07, 6.45) is 0.296. The molecule has 2 nitrogen and oxygen atoms in total. The first-order valence-corrected chi connectivity index (χ1v) is 5.66. The molecule has 88 valence electrons. The molecule has 2 rings (SSSR count). The highest BCUT2D eigenvalue weighted by atomic mass is 79.9. The Kier molecular flexibility index (Phi) is 3.03. The van der Waals surface area contributed by atoms with Crippen LogP contribution in [0, 0.1) is 11.6 Å². The Morgan fingerprint density at radius 1 is 1.44 bits per heavy atom. The molecule has 0 bridgehead atoms. The van der Waals surface area contributed by atoms with E-state index < -0.39 is 17.2 Å². The van der Waals surface area contributed by atoms with E-state index in [1.165, 1.54) is 13.2 Å². The lowest BCUT2D eigenvalue weighted by Crippen LogP contribution is -2.46. The summed E-state index contributed by atoms with van der Waals surface area (Å²) in [6, 6.07) is 2.42. The third kappa shape index (κ3) is 1.77. The smallest absolute Gasteiger partial charge is 0.146 e. The van der Waals surface area contributed by atoms with Crippen molar-refractivity contribution in [1.29, 1.82) is 0 Å². The standard InChI is InChI=1S/C11H11BrF2O2/c1-16-6-4-11(15,5-6)9-8(13)3-2-7(12)10(9)14/h2-3,6,15H,4-5H2,1H3. The van der Waals surface area contributed by atoms with Gasteiger partial charge in [-0.3, -0.25) is 0 Å². The molecular formula is C11H11BrF2O2. The zero-order valence-corrected chi connectivity index (χ0v) is 10.2. The summed E-state index contributed by atoms with van der Waals surface area (Å²) < 4.78 is 32.4. The maximum atomic E-state index is 13.7. The van der Waals surface area contributed by atoms with Gasteiger partial charge in [-0.25, -0.2) is 8.78 Å². The van der Waals surface area contributed by atoms with Crippen molar-refractivity contribution in [2.45, 2.75) is 24.5 Å². The van der Waals surface area contributed by atoms with Gasteiger partial charge in [0.05, 0.1) is 16.1 Å². The summed E-state index contributed by atoms with van der Waals surface area (Å²) >= 11 is 2.97. The zero-order chi connectivity index (χ0) is 11.9. The van der Waals surface area contributed by atoms with Crippen LogP contribution in [-0.4, -0.2) is 18.3 Å². The van der Waals surface area contributed by atoms with E-state index in [1.807, 2.05) is 0 Å². The van der Waals surface area contributed by atoms with Gasteiger partial charge < -0.3 is 9.84 Å². The van der Waals surface area contributed by atoms with Gasteiger partial charge in [-0.1, -0.05) is 0 Å². The number of benzene rings is 1. The summed E-state index contributed by atoms with van der Waals surface area (Å²) in [5.74, 6) is -1.46. The van der Waals surface area contributed by atoms with E-state index in [1.54, 1.807) is 0 Å². The second-order valence-corrected chi connectivity index (χ2v) is 4.87. The molecule has 1 aliphatic rings. The van der Waals surface area contributed by atoms with Crippen molar-refractivity contribution in [3.8, 4) is 0 Å². The summed E-state index contributed by atoms with van der Waals surface area (Å²) in [5, 5.41) is 10.1. The van der Waals surface area contributed by atoms with E-state index >= 15 is 0 Å². The largest absolute Gasteiger partial charge is 0.385 e. The van der Waals surface area contributed by atoms with Gasteiger partial charge >= 0.3 is 0 Å². The van der Waals surface area contributed by atoms with Crippen molar-refractivity contribution < 1.29 is 18.6 Å². The number of ether oxygens (including phenoxy) is 1. The quantitative estimate of drug-likeness (QED) is 0.850. The highest BCUT2D eigenvalue weighted by Gasteiger charge is 2.47. The predicted molar refractivity (Wildman–Crippen MR) is 58.0 cm³/mol. The molecule has 0 spiro atoms. The van der Waals surface area contributed by atoms with Crippen LogP contribution < -0.4 is 0 Å². The first-order valence-electron chi connectivity index (χ1n) is 4.87. The van der Waals surface area contributed by atoms with Crippen LogP contribution in [-0.2, 0) is 10.3 Å². The van der Waals surface area contributed by atoms with Crippen LogP contribution in [0.1, 0.15) is 18.4 Å². The van der Waals surface area contributed by atoms with Crippen molar-refractivity contribution in [1.82, 2.24) is 0 Å². The van der Waals surface area contributed by atoms with E-state index in [0.29, 0.717) is 0 Å². The summed E-state index contributed by atoms with van der Waals surface area (Å²) in [5.41, 5.74) is -1.71. The third-order valence-electron chi connectivity index (χ3n) is 2.97. The Hall–Kier alpha value is -0.520. The lowest BCUT2D eigenvalue weighted by molar-refractivity contribution is -0.136. The highest BCUT2D eigenvalue weighted by molar-refractivity contribution is 9.10. The Morgan fingerprint density at radius 2 is 2.06 bits per heavy atom. The normalized spacial score (nSPS) is 28.9. The SMILES string of the molecule is COC1CC(O)(c2c(F)ccc(Br)c2F)C1. The molecule has 0 aliphatic heterocycles. The maximum absolute atomic E-state index is 13.7. The van der Waals surface area contributed by atoms with Gasteiger partial charge in [-0.15, -0.1) is 0 Å². The average Bonchev–Trinajstić information content (AvgIpc) is 2.20. The van der Waals surface area contributed by atoms with Crippen molar-refractivity contribution in [3.05, 3.63) is 33.8 Å². The molecule has 1 aliphatic carbocycles. The van der Waals surface area contributed by atoms with Crippen LogP contribution in [0.25, 0.3) is 0 Å². The van der Waals surface area contributed by atoms with Crippen LogP contribution in [0.3, 0.4) is 0 Å². The van der Waals surface area contributed by atoms with E-state index in [-0.39, 0.29) is 29.0 Å². The molecule has 1 fully saturated rings. The van der Waals surface area contributed by atoms with Crippen molar-refractivity contribution >= 4 is 15.9 Å². The topological polar surface area (TPSA) is 29.5 Å². The van der Waals surface area contributed by atoms with E-state index in [0.717, 1.165) is 6.07 Å². The molecule has 0 heterocycles. The Labute approximate surface area is 100 Å². The minimum Gasteiger partial charge on any atom is -0.385 e. The Balaban J connectivity index is 2.38. The maximum Gasteiger partial charge on any atom is 0.146 e. The van der Waals surface area contributed by atoms with Gasteiger partial charge in [-0.05, 0) is 28.1 Å². The highest BCUT2D eigenvalue weighted by Crippen LogP contribution is 2.45. The van der Waals surface area contributed by atoms with E-state index in [2.05, 4.69) is 15.9 Å². The first kappa shape index (κ1) is 12.0. The Morgan fingerprint density at radius 3 is 2.62 bits per heavy atom. The number of rotatable bonds is 2. The molecule has 0 radical (unpaired) electrons. The molecule has 1 saturated carbocycles. The Bertz CT molecular complexity index is 417. The monoisotopic (exact) mass is 292 g/mol. The van der Waals surface area contributed by atoms with Crippen molar-refractivity contribution in [3.63, 3.8) is 0 Å². The number of halogens is 3.